The summed E-state index contributed by atoms with van der Waals surface area (Å²) in [7, 11) is 1.69. The third kappa shape index (κ3) is 3.32. The van der Waals surface area contributed by atoms with Crippen molar-refractivity contribution < 1.29 is 9.53 Å². The first-order valence-corrected chi connectivity index (χ1v) is 10.8. The van der Waals surface area contributed by atoms with Gasteiger partial charge in [0.1, 0.15) is 5.75 Å². The molecule has 0 unspecified atom stereocenters. The van der Waals surface area contributed by atoms with E-state index in [9.17, 15) is 4.79 Å². The lowest BCUT2D eigenvalue weighted by atomic mass is 9.82. The average molecular weight is 417 g/mol. The van der Waals surface area contributed by atoms with Crippen LogP contribution >= 0.6 is 0 Å². The number of methoxy groups -OCH3 is 1. The fourth-order valence-corrected chi connectivity index (χ4v) is 4.88. The zero-order valence-corrected chi connectivity index (χ0v) is 18.2. The molecule has 1 saturated heterocycles. The molecule has 1 aromatic heterocycles. The Morgan fingerprint density at radius 3 is 2.65 bits per heavy atom. The van der Waals surface area contributed by atoms with E-state index < -0.39 is 0 Å². The van der Waals surface area contributed by atoms with Crippen molar-refractivity contribution in [2.24, 2.45) is 0 Å². The first-order chi connectivity index (χ1) is 15.0. The summed E-state index contributed by atoms with van der Waals surface area (Å²) in [5.74, 6) is 0.835. The van der Waals surface area contributed by atoms with Crippen LogP contribution in [0.1, 0.15) is 29.7 Å². The van der Waals surface area contributed by atoms with E-state index in [1.165, 1.54) is 11.3 Å². The monoisotopic (exact) mass is 416 g/mol. The lowest BCUT2D eigenvalue weighted by Crippen LogP contribution is -2.51. The van der Waals surface area contributed by atoms with Gasteiger partial charge in [-0.25, -0.2) is 4.79 Å². The minimum Gasteiger partial charge on any atom is -0.497 e. The predicted molar refractivity (Wildman–Crippen MR) is 123 cm³/mol. The van der Waals surface area contributed by atoms with Gasteiger partial charge < -0.3 is 24.8 Å². The SMILES string of the molecule is COc1ccc2c(c1)NC1(CCN(C(=O)Nc3ccc(C)cc3C)CC1)c1cccn1-2. The number of ether oxygens (including phenoxy) is 1. The zero-order chi connectivity index (χ0) is 21.6. The van der Waals surface area contributed by atoms with Crippen LogP contribution in [0.2, 0.25) is 0 Å². The lowest BCUT2D eigenvalue weighted by Gasteiger charge is -2.46. The maximum atomic E-state index is 12.9. The van der Waals surface area contributed by atoms with Crippen LogP contribution in [-0.2, 0) is 5.54 Å². The van der Waals surface area contributed by atoms with Gasteiger partial charge in [-0.15, -0.1) is 0 Å². The molecular weight excluding hydrogens is 388 g/mol. The Balaban J connectivity index is 1.35. The number of carbonyl (C=O) groups excluding carboxylic acids is 1. The second kappa shape index (κ2) is 7.38. The van der Waals surface area contributed by atoms with Gasteiger partial charge in [-0.3, -0.25) is 0 Å². The smallest absolute Gasteiger partial charge is 0.321 e. The lowest BCUT2D eigenvalue weighted by molar-refractivity contribution is 0.174. The topological polar surface area (TPSA) is 58.5 Å². The highest BCUT2D eigenvalue weighted by molar-refractivity contribution is 5.90. The van der Waals surface area contributed by atoms with Crippen molar-refractivity contribution in [1.29, 1.82) is 0 Å². The summed E-state index contributed by atoms with van der Waals surface area (Å²) >= 11 is 0. The Kier molecular flexibility index (Phi) is 4.65. The number of rotatable bonds is 2. The molecule has 31 heavy (non-hydrogen) atoms. The Bertz CT molecular complexity index is 1140. The van der Waals surface area contributed by atoms with Gasteiger partial charge in [0.25, 0.3) is 0 Å². The van der Waals surface area contributed by atoms with E-state index in [1.807, 2.05) is 30.0 Å². The van der Waals surface area contributed by atoms with E-state index in [4.69, 9.17) is 4.74 Å². The molecule has 0 saturated carbocycles. The normalized spacial score (nSPS) is 16.3. The van der Waals surface area contributed by atoms with E-state index in [0.29, 0.717) is 13.1 Å². The first-order valence-electron chi connectivity index (χ1n) is 10.8. The standard InChI is InChI=1S/C25H28N4O2/c1-17-6-8-20(18(2)15-17)26-24(30)28-13-10-25(11-14-28)23-5-4-12-29(23)22-9-7-19(31-3)16-21(22)27-25/h4-9,12,15-16,27H,10-11,13-14H2,1-3H3,(H,26,30). The molecule has 0 atom stereocenters. The summed E-state index contributed by atoms with van der Waals surface area (Å²) in [6, 6.07) is 16.5. The molecule has 160 valence electrons. The van der Waals surface area contributed by atoms with Crippen LogP contribution in [0.3, 0.4) is 0 Å². The maximum Gasteiger partial charge on any atom is 0.321 e. The molecule has 0 aliphatic carbocycles. The number of fused-ring (bicyclic) bond motifs is 4. The number of piperidine rings is 1. The van der Waals surface area contributed by atoms with Gasteiger partial charge in [-0.05, 0) is 62.6 Å². The zero-order valence-electron chi connectivity index (χ0n) is 18.2. The second-order valence-corrected chi connectivity index (χ2v) is 8.59. The molecule has 2 amide bonds. The van der Waals surface area contributed by atoms with Crippen molar-refractivity contribution in [3.8, 4) is 11.4 Å². The van der Waals surface area contributed by atoms with E-state index >= 15 is 0 Å². The molecular formula is C25H28N4O2. The Morgan fingerprint density at radius 1 is 1.10 bits per heavy atom. The van der Waals surface area contributed by atoms with Gasteiger partial charge >= 0.3 is 6.03 Å². The molecule has 2 N–H and O–H groups in total. The number of aromatic nitrogens is 1. The first kappa shape index (κ1) is 19.5. The largest absolute Gasteiger partial charge is 0.497 e. The molecule has 3 heterocycles. The average Bonchev–Trinajstić information content (AvgIpc) is 3.27. The van der Waals surface area contributed by atoms with Crippen LogP contribution in [0.25, 0.3) is 5.69 Å². The molecule has 1 spiro atoms. The summed E-state index contributed by atoms with van der Waals surface area (Å²) in [4.78, 5) is 14.8. The maximum absolute atomic E-state index is 12.9. The number of carbonyl (C=O) groups is 1. The van der Waals surface area contributed by atoms with Gasteiger partial charge in [0.15, 0.2) is 0 Å². The summed E-state index contributed by atoms with van der Waals surface area (Å²) in [5.41, 5.74) is 6.40. The number of nitrogens with one attached hydrogen (secondary N) is 2. The van der Waals surface area contributed by atoms with Crippen molar-refractivity contribution in [3.63, 3.8) is 0 Å². The third-order valence-electron chi connectivity index (χ3n) is 6.60. The molecule has 6 nitrogen and oxygen atoms in total. The Hall–Kier alpha value is -3.41. The van der Waals surface area contributed by atoms with Crippen LogP contribution in [0, 0.1) is 13.8 Å². The molecule has 2 aliphatic heterocycles. The molecule has 5 rings (SSSR count). The van der Waals surface area contributed by atoms with E-state index in [2.05, 4.69) is 58.7 Å². The van der Waals surface area contributed by atoms with Crippen molar-refractivity contribution in [2.45, 2.75) is 32.2 Å². The Morgan fingerprint density at radius 2 is 1.90 bits per heavy atom. The van der Waals surface area contributed by atoms with Crippen molar-refractivity contribution in [2.75, 3.05) is 30.8 Å². The van der Waals surface area contributed by atoms with Crippen molar-refractivity contribution >= 4 is 17.4 Å². The highest BCUT2D eigenvalue weighted by Crippen LogP contribution is 2.44. The van der Waals surface area contributed by atoms with Crippen LogP contribution in [0.15, 0.2) is 54.7 Å². The quantitative estimate of drug-likeness (QED) is 0.615. The van der Waals surface area contributed by atoms with Gasteiger partial charge in [-0.1, -0.05) is 17.7 Å². The number of hydrogen-bond acceptors (Lipinski definition) is 3. The van der Waals surface area contributed by atoms with Gasteiger partial charge in [0.05, 0.1) is 24.0 Å². The number of benzene rings is 2. The number of aryl methyl sites for hydroxylation is 2. The fourth-order valence-electron chi connectivity index (χ4n) is 4.88. The molecule has 3 aromatic rings. The molecule has 6 heteroatoms. The number of urea groups is 1. The summed E-state index contributed by atoms with van der Waals surface area (Å²) in [5, 5.41) is 6.88. The van der Waals surface area contributed by atoms with Gasteiger partial charge in [0, 0.05) is 36.7 Å². The van der Waals surface area contributed by atoms with Crippen LogP contribution < -0.4 is 15.4 Å². The summed E-state index contributed by atoms with van der Waals surface area (Å²) in [6.45, 7) is 5.46. The minimum absolute atomic E-state index is 0.0323. The van der Waals surface area contributed by atoms with E-state index in [-0.39, 0.29) is 11.6 Å². The summed E-state index contributed by atoms with van der Waals surface area (Å²) < 4.78 is 7.70. The number of amides is 2. The predicted octanol–water partition coefficient (Wildman–Crippen LogP) is 5.05. The Labute approximate surface area is 182 Å². The third-order valence-corrected chi connectivity index (χ3v) is 6.60. The van der Waals surface area contributed by atoms with Crippen LogP contribution in [-0.4, -0.2) is 35.7 Å². The molecule has 2 aliphatic rings. The molecule has 2 aromatic carbocycles. The van der Waals surface area contributed by atoms with Crippen molar-refractivity contribution in [1.82, 2.24) is 9.47 Å². The minimum atomic E-state index is -0.195. The summed E-state index contributed by atoms with van der Waals surface area (Å²) in [6.07, 6.45) is 3.80. The van der Waals surface area contributed by atoms with E-state index in [0.717, 1.165) is 41.2 Å². The van der Waals surface area contributed by atoms with Crippen LogP contribution in [0.4, 0.5) is 16.2 Å². The number of nitrogens with zero attached hydrogens (tertiary/aromatic N) is 2. The number of anilines is 2. The van der Waals surface area contributed by atoms with Gasteiger partial charge in [-0.2, -0.15) is 0 Å². The van der Waals surface area contributed by atoms with Crippen molar-refractivity contribution in [3.05, 3.63) is 71.5 Å². The van der Waals surface area contributed by atoms with Gasteiger partial charge in [0.2, 0.25) is 0 Å². The molecule has 1 fully saturated rings. The highest BCUT2D eigenvalue weighted by Gasteiger charge is 2.42. The number of likely N-dealkylation sites (tertiary alicyclic amines) is 1. The molecule has 0 bridgehead atoms. The second-order valence-electron chi connectivity index (χ2n) is 8.59. The molecule has 0 radical (unpaired) electrons. The number of hydrogen-bond donors (Lipinski definition) is 2. The van der Waals surface area contributed by atoms with Crippen LogP contribution in [0.5, 0.6) is 5.75 Å². The van der Waals surface area contributed by atoms with E-state index in [1.54, 1.807) is 7.11 Å². The highest BCUT2D eigenvalue weighted by atomic mass is 16.5. The fraction of sp³-hybridized carbons (Fsp3) is 0.320.